The van der Waals surface area contributed by atoms with E-state index in [9.17, 15) is 14.7 Å². The predicted octanol–water partition coefficient (Wildman–Crippen LogP) is 3.19. The second-order valence-electron chi connectivity index (χ2n) is 7.01. The van der Waals surface area contributed by atoms with Gasteiger partial charge in [0.25, 0.3) is 0 Å². The van der Waals surface area contributed by atoms with E-state index in [0.717, 1.165) is 24.8 Å². The smallest absolute Gasteiger partial charge is 0.407 e. The highest BCUT2D eigenvalue weighted by Gasteiger charge is 2.53. The Morgan fingerprint density at radius 2 is 2.04 bits per heavy atom. The number of hydrogen-bond acceptors (Lipinski definition) is 3. The molecule has 3 saturated carbocycles. The average molecular weight is 317 g/mol. The topological polar surface area (TPSA) is 75.6 Å². The molecule has 2 N–H and O–H groups in total. The summed E-state index contributed by atoms with van der Waals surface area (Å²) in [6.45, 7) is 2.09. The Kier molecular flexibility index (Phi) is 4.28. The number of carboxylic acids is 1. The number of fused-ring (bicyclic) bond motifs is 3. The molecule has 2 bridgehead atoms. The molecule has 3 aliphatic rings. The maximum absolute atomic E-state index is 12.0. The van der Waals surface area contributed by atoms with Crippen LogP contribution in [-0.4, -0.2) is 23.2 Å². The first kappa shape index (κ1) is 15.8. The Labute approximate surface area is 136 Å². The van der Waals surface area contributed by atoms with Gasteiger partial charge in [-0.25, -0.2) is 4.79 Å². The first-order chi connectivity index (χ1) is 11.0. The quantitative estimate of drug-likeness (QED) is 0.894. The first-order valence-corrected chi connectivity index (χ1v) is 8.19. The highest BCUT2D eigenvalue weighted by Crippen LogP contribution is 2.52. The van der Waals surface area contributed by atoms with Gasteiger partial charge in [-0.15, -0.1) is 0 Å². The summed E-state index contributed by atoms with van der Waals surface area (Å²) >= 11 is 0. The highest BCUT2D eigenvalue weighted by atomic mass is 16.5. The molecule has 0 spiro atoms. The van der Waals surface area contributed by atoms with Crippen molar-refractivity contribution < 1.29 is 19.4 Å². The van der Waals surface area contributed by atoms with E-state index in [-0.39, 0.29) is 24.5 Å². The third kappa shape index (κ3) is 3.19. The van der Waals surface area contributed by atoms with Gasteiger partial charge < -0.3 is 15.2 Å². The van der Waals surface area contributed by atoms with Gasteiger partial charge in [-0.3, -0.25) is 4.79 Å². The molecule has 4 rings (SSSR count). The van der Waals surface area contributed by atoms with Gasteiger partial charge in [0.2, 0.25) is 0 Å². The number of amides is 1. The normalized spacial score (nSPS) is 32.3. The van der Waals surface area contributed by atoms with Gasteiger partial charge in [-0.2, -0.15) is 0 Å². The van der Waals surface area contributed by atoms with E-state index in [2.05, 4.69) is 5.32 Å². The second kappa shape index (κ2) is 6.22. The predicted molar refractivity (Wildman–Crippen MR) is 84.7 cm³/mol. The lowest BCUT2D eigenvalue weighted by Crippen LogP contribution is -2.55. The molecular formula is C18H23NO4. The first-order valence-electron chi connectivity index (χ1n) is 8.19. The van der Waals surface area contributed by atoms with Crippen molar-refractivity contribution in [1.29, 1.82) is 0 Å². The Hall–Kier alpha value is -2.04. The molecule has 0 aromatic heterocycles. The summed E-state index contributed by atoms with van der Waals surface area (Å²) in [7, 11) is 0. The molecular weight excluding hydrogens is 294 g/mol. The van der Waals surface area contributed by atoms with Crippen molar-refractivity contribution >= 4 is 12.1 Å². The Morgan fingerprint density at radius 3 is 2.65 bits per heavy atom. The summed E-state index contributed by atoms with van der Waals surface area (Å²) in [5.74, 6) is -0.355. The molecule has 3 fully saturated rings. The van der Waals surface area contributed by atoms with Crippen molar-refractivity contribution in [3.63, 3.8) is 0 Å². The molecule has 0 saturated heterocycles. The Balaban J connectivity index is 1.54. The molecule has 0 aliphatic heterocycles. The summed E-state index contributed by atoms with van der Waals surface area (Å²) in [5.41, 5.74) is 0.306. The van der Waals surface area contributed by atoms with E-state index >= 15 is 0 Å². The van der Waals surface area contributed by atoms with Gasteiger partial charge in [0, 0.05) is 6.04 Å². The lowest BCUT2D eigenvalue weighted by molar-refractivity contribution is -0.159. The van der Waals surface area contributed by atoms with Crippen LogP contribution in [0, 0.1) is 17.3 Å². The van der Waals surface area contributed by atoms with Gasteiger partial charge in [-0.1, -0.05) is 30.3 Å². The molecule has 5 nitrogen and oxygen atoms in total. The van der Waals surface area contributed by atoms with Crippen molar-refractivity contribution in [2.45, 2.75) is 45.3 Å². The van der Waals surface area contributed by atoms with Crippen molar-refractivity contribution in [1.82, 2.24) is 5.32 Å². The number of hydrogen-bond donors (Lipinski definition) is 2. The molecule has 23 heavy (non-hydrogen) atoms. The van der Waals surface area contributed by atoms with Crippen LogP contribution in [0.5, 0.6) is 0 Å². The van der Waals surface area contributed by atoms with Crippen LogP contribution in [0.4, 0.5) is 4.79 Å². The van der Waals surface area contributed by atoms with Crippen LogP contribution in [-0.2, 0) is 16.1 Å². The molecule has 3 aliphatic carbocycles. The monoisotopic (exact) mass is 317 g/mol. The molecule has 124 valence electrons. The van der Waals surface area contributed by atoms with Crippen molar-refractivity contribution in [2.24, 2.45) is 17.3 Å². The third-order valence-electron chi connectivity index (χ3n) is 5.59. The zero-order valence-corrected chi connectivity index (χ0v) is 13.3. The molecule has 0 radical (unpaired) electrons. The number of ether oxygens (including phenoxy) is 1. The van der Waals surface area contributed by atoms with E-state index in [1.165, 1.54) is 0 Å². The van der Waals surface area contributed by atoms with Crippen LogP contribution in [0.1, 0.15) is 38.2 Å². The summed E-state index contributed by atoms with van der Waals surface area (Å²) < 4.78 is 5.27. The van der Waals surface area contributed by atoms with Gasteiger partial charge >= 0.3 is 12.1 Å². The highest BCUT2D eigenvalue weighted by molar-refractivity contribution is 5.75. The Bertz CT molecular complexity index is 588. The molecule has 5 heteroatoms. The van der Waals surface area contributed by atoms with Gasteiger partial charge in [0.15, 0.2) is 0 Å². The fourth-order valence-electron chi connectivity index (χ4n) is 4.12. The van der Waals surface area contributed by atoms with Crippen LogP contribution in [0.2, 0.25) is 0 Å². The average Bonchev–Trinajstić information content (AvgIpc) is 2.55. The lowest BCUT2D eigenvalue weighted by Gasteiger charge is -2.51. The van der Waals surface area contributed by atoms with Crippen molar-refractivity contribution in [3.8, 4) is 0 Å². The molecule has 1 amide bonds. The summed E-state index contributed by atoms with van der Waals surface area (Å²) in [6.07, 6.45) is 2.87. The number of alkyl carbamates (subject to hydrolysis) is 1. The van der Waals surface area contributed by atoms with Gasteiger partial charge in [-0.05, 0) is 50.0 Å². The van der Waals surface area contributed by atoms with Crippen LogP contribution < -0.4 is 5.32 Å². The molecule has 0 unspecified atom stereocenters. The standard InChI is InChI=1S/C18H23NO4/c1-18(16(20)21)10-13-7-8-14(18)9-15(13)19-17(22)23-11-12-5-3-2-4-6-12/h2-6,13-15H,7-11H2,1H3,(H,19,22)(H,20,21)/t13-,14-,15-,18-/m0/s1. The maximum Gasteiger partial charge on any atom is 0.407 e. The van der Waals surface area contributed by atoms with E-state index < -0.39 is 17.5 Å². The van der Waals surface area contributed by atoms with Gasteiger partial charge in [0.05, 0.1) is 5.41 Å². The number of carbonyl (C=O) groups excluding carboxylic acids is 1. The fraction of sp³-hybridized carbons (Fsp3) is 0.556. The third-order valence-corrected chi connectivity index (χ3v) is 5.59. The van der Waals surface area contributed by atoms with Crippen LogP contribution in [0.25, 0.3) is 0 Å². The molecule has 1 aromatic rings. The SMILES string of the molecule is C[C@]1(C(=O)O)C[C@@H]2CC[C@H]1C[C@@H]2NC(=O)OCc1ccccc1. The van der Waals surface area contributed by atoms with Gasteiger partial charge in [0.1, 0.15) is 6.61 Å². The zero-order valence-electron chi connectivity index (χ0n) is 13.3. The number of aliphatic carboxylic acids is 1. The number of benzene rings is 1. The maximum atomic E-state index is 12.0. The summed E-state index contributed by atoms with van der Waals surface area (Å²) in [5, 5.41) is 12.4. The molecule has 1 aromatic carbocycles. The number of nitrogens with one attached hydrogen (secondary N) is 1. The zero-order chi connectivity index (χ0) is 16.4. The fourth-order valence-corrected chi connectivity index (χ4v) is 4.12. The minimum Gasteiger partial charge on any atom is -0.481 e. The minimum atomic E-state index is -0.711. The van der Waals surface area contributed by atoms with Crippen molar-refractivity contribution in [2.75, 3.05) is 0 Å². The van der Waals surface area contributed by atoms with E-state index in [0.29, 0.717) is 6.42 Å². The number of carbonyl (C=O) groups is 2. The lowest BCUT2D eigenvalue weighted by atomic mass is 9.55. The summed E-state index contributed by atoms with van der Waals surface area (Å²) in [6, 6.07) is 9.58. The number of carboxylic acid groups (broad SMARTS) is 1. The van der Waals surface area contributed by atoms with E-state index in [1.807, 2.05) is 37.3 Å². The van der Waals surface area contributed by atoms with Crippen LogP contribution in [0.3, 0.4) is 0 Å². The van der Waals surface area contributed by atoms with Crippen LogP contribution in [0.15, 0.2) is 30.3 Å². The largest absolute Gasteiger partial charge is 0.481 e. The summed E-state index contributed by atoms with van der Waals surface area (Å²) in [4.78, 5) is 23.5. The van der Waals surface area contributed by atoms with Crippen molar-refractivity contribution in [3.05, 3.63) is 35.9 Å². The Morgan fingerprint density at radius 1 is 1.30 bits per heavy atom. The molecule has 0 heterocycles. The molecule has 4 atom stereocenters. The van der Waals surface area contributed by atoms with E-state index in [1.54, 1.807) is 0 Å². The van der Waals surface area contributed by atoms with Crippen LogP contribution >= 0.6 is 0 Å². The number of rotatable bonds is 4. The second-order valence-corrected chi connectivity index (χ2v) is 7.01. The van der Waals surface area contributed by atoms with E-state index in [4.69, 9.17) is 4.74 Å². The minimum absolute atomic E-state index is 0.0319.